The molecule has 4 aromatic rings. The molecule has 0 aliphatic heterocycles. The zero-order chi connectivity index (χ0) is 24.9. The maximum absolute atomic E-state index is 13.5. The van der Waals surface area contributed by atoms with Gasteiger partial charge in [0.25, 0.3) is 0 Å². The van der Waals surface area contributed by atoms with E-state index in [-0.39, 0.29) is 10.6 Å². The average molecular weight is 497 g/mol. The fraction of sp³-hybridized carbons (Fsp3) is 0.217. The Balaban J connectivity index is 1.87. The number of aromatic nitrogens is 3. The van der Waals surface area contributed by atoms with Crippen molar-refractivity contribution in [3.05, 3.63) is 77.6 Å². The first kappa shape index (κ1) is 24.0. The second kappa shape index (κ2) is 8.24. The molecule has 0 aliphatic rings. The lowest BCUT2D eigenvalue weighted by Crippen LogP contribution is -2.15. The Bertz CT molecular complexity index is 1330. The Kier molecular flexibility index (Phi) is 5.81. The molecule has 0 radical (unpaired) electrons. The van der Waals surface area contributed by atoms with Crippen LogP contribution in [0.3, 0.4) is 0 Å². The number of rotatable bonds is 4. The molecule has 0 unspecified atom stereocenters. The Hall–Kier alpha value is -3.18. The monoisotopic (exact) mass is 497 g/mol. The topological polar surface area (TPSA) is 50.9 Å². The molecule has 0 atom stereocenters. The highest BCUT2D eigenvalue weighted by atomic mass is 32.1. The van der Waals surface area contributed by atoms with Crippen LogP contribution in [0.2, 0.25) is 0 Å². The third-order valence-corrected chi connectivity index (χ3v) is 6.16. The lowest BCUT2D eigenvalue weighted by atomic mass is 9.96. The molecule has 0 aliphatic carbocycles. The molecule has 0 bridgehead atoms. The van der Waals surface area contributed by atoms with E-state index in [1.54, 1.807) is 44.2 Å². The first-order chi connectivity index (χ1) is 15.7. The fourth-order valence-electron chi connectivity index (χ4n) is 3.33. The molecule has 34 heavy (non-hydrogen) atoms. The lowest BCUT2D eigenvalue weighted by Gasteiger charge is -2.18. The summed E-state index contributed by atoms with van der Waals surface area (Å²) in [6.45, 7) is 3.24. The van der Waals surface area contributed by atoms with Gasteiger partial charge in [0, 0.05) is 11.1 Å². The Morgan fingerprint density at radius 2 is 1.56 bits per heavy atom. The summed E-state index contributed by atoms with van der Waals surface area (Å²) >= 11 is 1.09. The summed E-state index contributed by atoms with van der Waals surface area (Å²) in [5.41, 5.74) is -2.49. The van der Waals surface area contributed by atoms with Crippen LogP contribution in [0.5, 0.6) is 0 Å². The van der Waals surface area contributed by atoms with E-state index in [1.807, 2.05) is 0 Å². The second-order valence-corrected chi connectivity index (χ2v) is 9.08. The predicted octanol–water partition coefficient (Wildman–Crippen LogP) is 6.93. The number of hydrogen-bond acceptors (Lipinski definition) is 4. The zero-order valence-electron chi connectivity index (χ0n) is 17.7. The average Bonchev–Trinajstić information content (AvgIpc) is 3.40. The number of aliphatic hydroxyl groups is 1. The van der Waals surface area contributed by atoms with Gasteiger partial charge in [-0.2, -0.15) is 31.4 Å². The minimum absolute atomic E-state index is 0.175. The molecule has 3 heterocycles. The molecule has 1 N–H and O–H groups in total. The number of halogens is 6. The molecule has 0 amide bonds. The van der Waals surface area contributed by atoms with E-state index in [1.165, 1.54) is 6.07 Å². The summed E-state index contributed by atoms with van der Waals surface area (Å²) in [5.74, 6) is -0.750. The van der Waals surface area contributed by atoms with Crippen LogP contribution in [-0.2, 0) is 18.0 Å². The van der Waals surface area contributed by atoms with Gasteiger partial charge in [0.2, 0.25) is 0 Å². The molecule has 0 saturated carbocycles. The molecule has 3 aromatic heterocycles. The van der Waals surface area contributed by atoms with Gasteiger partial charge in [0.15, 0.2) is 11.5 Å². The molecule has 0 fully saturated rings. The van der Waals surface area contributed by atoms with Crippen molar-refractivity contribution in [2.75, 3.05) is 0 Å². The SMILES string of the molecule is CC(C)(O)c1cccc(-c2ccc(-c3cc(C(F)(F)F)nn3-c3ncccc3C(F)(F)F)s2)c1. The maximum Gasteiger partial charge on any atom is 0.435 e. The van der Waals surface area contributed by atoms with Crippen LogP contribution in [0.15, 0.2) is 60.8 Å². The van der Waals surface area contributed by atoms with Crippen molar-refractivity contribution in [2.24, 2.45) is 0 Å². The highest BCUT2D eigenvalue weighted by Gasteiger charge is 2.39. The van der Waals surface area contributed by atoms with Crippen LogP contribution in [0, 0.1) is 0 Å². The fourth-order valence-corrected chi connectivity index (χ4v) is 4.33. The molecule has 178 valence electrons. The van der Waals surface area contributed by atoms with Crippen LogP contribution in [0.25, 0.3) is 26.8 Å². The molecule has 4 nitrogen and oxygen atoms in total. The van der Waals surface area contributed by atoms with E-state index in [0.717, 1.165) is 29.7 Å². The summed E-state index contributed by atoms with van der Waals surface area (Å²) in [5, 5.41) is 13.7. The van der Waals surface area contributed by atoms with Crippen LogP contribution in [-0.4, -0.2) is 19.9 Å². The molecule has 1 aromatic carbocycles. The van der Waals surface area contributed by atoms with Gasteiger partial charge in [0.1, 0.15) is 5.56 Å². The highest BCUT2D eigenvalue weighted by molar-refractivity contribution is 7.18. The normalized spacial score (nSPS) is 12.9. The number of alkyl halides is 6. The van der Waals surface area contributed by atoms with E-state index in [4.69, 9.17) is 0 Å². The third kappa shape index (κ3) is 4.71. The summed E-state index contributed by atoms with van der Waals surface area (Å²) in [6, 6.07) is 12.6. The van der Waals surface area contributed by atoms with Crippen molar-refractivity contribution in [3.63, 3.8) is 0 Å². The molecule has 0 spiro atoms. The van der Waals surface area contributed by atoms with Crippen molar-refractivity contribution in [2.45, 2.75) is 31.8 Å². The van der Waals surface area contributed by atoms with Gasteiger partial charge in [-0.1, -0.05) is 18.2 Å². The summed E-state index contributed by atoms with van der Waals surface area (Å²) in [6.07, 6.45) is -8.65. The van der Waals surface area contributed by atoms with Crippen molar-refractivity contribution >= 4 is 11.3 Å². The Morgan fingerprint density at radius 3 is 2.21 bits per heavy atom. The van der Waals surface area contributed by atoms with E-state index >= 15 is 0 Å². The number of hydrogen-bond donors (Lipinski definition) is 1. The third-order valence-electron chi connectivity index (χ3n) is 5.00. The van der Waals surface area contributed by atoms with Crippen molar-refractivity contribution in [1.29, 1.82) is 0 Å². The number of thiophene rings is 1. The number of pyridine rings is 1. The van der Waals surface area contributed by atoms with E-state index in [9.17, 15) is 31.4 Å². The molecule has 11 heteroatoms. The van der Waals surface area contributed by atoms with Gasteiger partial charge >= 0.3 is 12.4 Å². The van der Waals surface area contributed by atoms with Gasteiger partial charge in [-0.15, -0.1) is 11.3 Å². The van der Waals surface area contributed by atoms with E-state index in [0.29, 0.717) is 26.8 Å². The number of benzene rings is 1. The summed E-state index contributed by atoms with van der Waals surface area (Å²) < 4.78 is 81.5. The predicted molar refractivity (Wildman–Crippen MR) is 115 cm³/mol. The quantitative estimate of drug-likeness (QED) is 0.311. The van der Waals surface area contributed by atoms with Gasteiger partial charge in [-0.05, 0) is 61.4 Å². The molecular weight excluding hydrogens is 480 g/mol. The maximum atomic E-state index is 13.5. The minimum Gasteiger partial charge on any atom is -0.386 e. The minimum atomic E-state index is -4.87. The van der Waals surface area contributed by atoms with Crippen molar-refractivity contribution < 1.29 is 31.4 Å². The summed E-state index contributed by atoms with van der Waals surface area (Å²) in [4.78, 5) is 4.61. The second-order valence-electron chi connectivity index (χ2n) is 8.00. The van der Waals surface area contributed by atoms with Gasteiger partial charge < -0.3 is 5.11 Å². The molecule has 4 rings (SSSR count). The van der Waals surface area contributed by atoms with Crippen molar-refractivity contribution in [3.8, 4) is 26.8 Å². The van der Waals surface area contributed by atoms with Crippen LogP contribution >= 0.6 is 11.3 Å². The largest absolute Gasteiger partial charge is 0.435 e. The Morgan fingerprint density at radius 1 is 0.853 bits per heavy atom. The first-order valence-electron chi connectivity index (χ1n) is 9.88. The van der Waals surface area contributed by atoms with Gasteiger partial charge in [-0.3, -0.25) is 0 Å². The molecular formula is C23H17F6N3OS. The number of nitrogens with zero attached hydrogens (tertiary/aromatic N) is 3. The first-order valence-corrected chi connectivity index (χ1v) is 10.7. The van der Waals surface area contributed by atoms with E-state index < -0.39 is 35.0 Å². The van der Waals surface area contributed by atoms with Crippen LogP contribution < -0.4 is 0 Å². The smallest absolute Gasteiger partial charge is 0.386 e. The van der Waals surface area contributed by atoms with Crippen LogP contribution in [0.4, 0.5) is 26.3 Å². The van der Waals surface area contributed by atoms with Gasteiger partial charge in [-0.25, -0.2) is 9.67 Å². The van der Waals surface area contributed by atoms with Gasteiger partial charge in [0.05, 0.1) is 16.2 Å². The van der Waals surface area contributed by atoms with Crippen molar-refractivity contribution in [1.82, 2.24) is 14.8 Å². The lowest BCUT2D eigenvalue weighted by molar-refractivity contribution is -0.141. The van der Waals surface area contributed by atoms with E-state index in [2.05, 4.69) is 10.1 Å². The van der Waals surface area contributed by atoms with Crippen LogP contribution in [0.1, 0.15) is 30.7 Å². The Labute approximate surface area is 194 Å². The zero-order valence-corrected chi connectivity index (χ0v) is 18.6. The highest BCUT2D eigenvalue weighted by Crippen LogP contribution is 2.41. The summed E-state index contributed by atoms with van der Waals surface area (Å²) in [7, 11) is 0. The molecule has 0 saturated heterocycles. The standard InChI is InChI=1S/C23H17F6N3OS/c1-21(2,33)14-6-3-5-13(11-14)17-8-9-18(34-17)16-12-19(23(27,28)29)31-32(16)20-15(22(24,25)26)7-4-10-30-20/h3-12,33H,1-2H3.